The third-order valence-corrected chi connectivity index (χ3v) is 6.88. The highest BCUT2D eigenvalue weighted by molar-refractivity contribution is 6.35. The molecule has 7 rings (SSSR count). The van der Waals surface area contributed by atoms with Gasteiger partial charge in [-0.1, -0.05) is 91.0 Å². The largest absolute Gasteiger partial charge is 0.497 e. The van der Waals surface area contributed by atoms with E-state index in [2.05, 4.69) is 97.1 Å². The number of methoxy groups -OCH3 is 1. The second kappa shape index (κ2) is 6.45. The first-order chi connectivity index (χ1) is 15.8. The number of rotatable bonds is 1. The molecule has 0 radical (unpaired) electrons. The molecule has 0 N–H and O–H groups in total. The molecule has 1 nitrogen and oxygen atoms in total. The summed E-state index contributed by atoms with van der Waals surface area (Å²) in [6.45, 7) is 0. The molecule has 0 atom stereocenters. The van der Waals surface area contributed by atoms with Crippen LogP contribution in [0, 0.1) is 0 Å². The minimum Gasteiger partial charge on any atom is -0.497 e. The van der Waals surface area contributed by atoms with Crippen LogP contribution in [-0.2, 0) is 0 Å². The van der Waals surface area contributed by atoms with E-state index in [4.69, 9.17) is 4.74 Å². The van der Waals surface area contributed by atoms with Gasteiger partial charge in [0.15, 0.2) is 0 Å². The molecule has 0 saturated heterocycles. The standard InChI is InChI=1S/C31H20O/c1-32-25-17-16-20-7-9-22-11-13-24-15-14-23-12-10-21-8-6-19-4-2-3-5-26(19)28(21)30(23)31(24)29(22)27(20)18-25/h2-18H,1H3. The maximum Gasteiger partial charge on any atom is 0.119 e. The SMILES string of the molecule is COc1ccc2ccc3ccc4ccc5ccc6ccc7ccccc7c6c5c4c3c2c1. The Hall–Kier alpha value is -4.10. The molecule has 7 aromatic rings. The number of hydrogen-bond acceptors (Lipinski definition) is 1. The molecule has 0 saturated carbocycles. The van der Waals surface area contributed by atoms with E-state index in [0.29, 0.717) is 0 Å². The molecule has 0 amide bonds. The van der Waals surface area contributed by atoms with E-state index in [1.165, 1.54) is 64.6 Å². The summed E-state index contributed by atoms with van der Waals surface area (Å²) >= 11 is 0. The van der Waals surface area contributed by atoms with Gasteiger partial charge in [-0.2, -0.15) is 0 Å². The third-order valence-electron chi connectivity index (χ3n) is 6.88. The highest BCUT2D eigenvalue weighted by atomic mass is 16.5. The Morgan fingerprint density at radius 1 is 0.406 bits per heavy atom. The molecule has 0 aliphatic rings. The van der Waals surface area contributed by atoms with Crippen LogP contribution in [0.2, 0.25) is 0 Å². The first kappa shape index (κ1) is 17.6. The van der Waals surface area contributed by atoms with Crippen molar-refractivity contribution >= 4 is 64.6 Å². The minimum atomic E-state index is 0.887. The Balaban J connectivity index is 1.85. The van der Waals surface area contributed by atoms with E-state index in [1.54, 1.807) is 7.11 Å². The van der Waals surface area contributed by atoms with E-state index in [-0.39, 0.29) is 0 Å². The first-order valence-electron chi connectivity index (χ1n) is 11.0. The number of benzene rings is 7. The summed E-state index contributed by atoms with van der Waals surface area (Å²) in [5.74, 6) is 0.887. The van der Waals surface area contributed by atoms with Crippen LogP contribution < -0.4 is 4.74 Å². The lowest BCUT2D eigenvalue weighted by molar-refractivity contribution is 0.415. The van der Waals surface area contributed by atoms with Crippen molar-refractivity contribution in [2.24, 2.45) is 0 Å². The van der Waals surface area contributed by atoms with Gasteiger partial charge in [0.25, 0.3) is 0 Å². The van der Waals surface area contributed by atoms with Gasteiger partial charge in [0, 0.05) is 0 Å². The summed E-state index contributed by atoms with van der Waals surface area (Å²) < 4.78 is 5.60. The van der Waals surface area contributed by atoms with Crippen molar-refractivity contribution in [1.82, 2.24) is 0 Å². The van der Waals surface area contributed by atoms with Crippen molar-refractivity contribution in [3.63, 3.8) is 0 Å². The Labute approximate surface area is 185 Å². The maximum atomic E-state index is 5.60. The molecule has 150 valence electrons. The lowest BCUT2D eigenvalue weighted by Crippen LogP contribution is -1.87. The molecule has 0 bridgehead atoms. The minimum absolute atomic E-state index is 0.887. The fraction of sp³-hybridized carbons (Fsp3) is 0.0323. The van der Waals surface area contributed by atoms with Crippen molar-refractivity contribution in [3.8, 4) is 5.75 Å². The fourth-order valence-corrected chi connectivity index (χ4v) is 5.38. The van der Waals surface area contributed by atoms with E-state index in [9.17, 15) is 0 Å². The van der Waals surface area contributed by atoms with E-state index < -0.39 is 0 Å². The highest BCUT2D eigenvalue weighted by Gasteiger charge is 2.13. The lowest BCUT2D eigenvalue weighted by Gasteiger charge is -2.15. The average Bonchev–Trinajstić information content (AvgIpc) is 2.87. The van der Waals surface area contributed by atoms with Gasteiger partial charge in [-0.3, -0.25) is 0 Å². The quantitative estimate of drug-likeness (QED) is 0.247. The third kappa shape index (κ3) is 2.34. The lowest BCUT2D eigenvalue weighted by atomic mass is 9.89. The average molecular weight is 409 g/mol. The first-order valence-corrected chi connectivity index (χ1v) is 11.0. The van der Waals surface area contributed by atoms with Crippen LogP contribution in [0.25, 0.3) is 64.6 Å². The molecule has 0 fully saturated rings. The van der Waals surface area contributed by atoms with E-state index in [1.807, 2.05) is 6.07 Å². The predicted octanol–water partition coefficient (Wildman–Crippen LogP) is 8.61. The molecule has 32 heavy (non-hydrogen) atoms. The number of hydrogen-bond donors (Lipinski definition) is 0. The summed E-state index contributed by atoms with van der Waals surface area (Å²) in [4.78, 5) is 0. The Morgan fingerprint density at radius 2 is 0.844 bits per heavy atom. The van der Waals surface area contributed by atoms with Gasteiger partial charge in [0.1, 0.15) is 5.75 Å². The fourth-order valence-electron chi connectivity index (χ4n) is 5.38. The van der Waals surface area contributed by atoms with Crippen LogP contribution in [0.15, 0.2) is 103 Å². The Morgan fingerprint density at radius 3 is 1.44 bits per heavy atom. The van der Waals surface area contributed by atoms with E-state index >= 15 is 0 Å². The van der Waals surface area contributed by atoms with Gasteiger partial charge in [-0.25, -0.2) is 0 Å². The van der Waals surface area contributed by atoms with Crippen molar-refractivity contribution in [1.29, 1.82) is 0 Å². The zero-order valence-corrected chi connectivity index (χ0v) is 17.7. The molecular formula is C31H20O. The smallest absolute Gasteiger partial charge is 0.119 e. The van der Waals surface area contributed by atoms with Gasteiger partial charge in [0.2, 0.25) is 0 Å². The topological polar surface area (TPSA) is 9.23 Å². The molecule has 1 heteroatoms. The summed E-state index contributed by atoms with van der Waals surface area (Å²) in [6, 6.07) is 37.6. The van der Waals surface area contributed by atoms with E-state index in [0.717, 1.165) is 5.75 Å². The molecule has 7 aromatic carbocycles. The van der Waals surface area contributed by atoms with Crippen LogP contribution in [0.4, 0.5) is 0 Å². The summed E-state index contributed by atoms with van der Waals surface area (Å²) in [5, 5.41) is 15.4. The molecule has 0 aliphatic heterocycles. The zero-order valence-electron chi connectivity index (χ0n) is 17.7. The van der Waals surface area contributed by atoms with Gasteiger partial charge in [0.05, 0.1) is 7.11 Å². The second-order valence-corrected chi connectivity index (χ2v) is 8.53. The van der Waals surface area contributed by atoms with Crippen LogP contribution in [0.5, 0.6) is 5.75 Å². The zero-order chi connectivity index (χ0) is 21.2. The van der Waals surface area contributed by atoms with Gasteiger partial charge < -0.3 is 4.74 Å². The highest BCUT2D eigenvalue weighted by Crippen LogP contribution is 2.41. The normalized spacial score (nSPS) is 11.9. The van der Waals surface area contributed by atoms with Crippen LogP contribution >= 0.6 is 0 Å². The maximum absolute atomic E-state index is 5.60. The van der Waals surface area contributed by atoms with Crippen LogP contribution in [0.3, 0.4) is 0 Å². The molecule has 0 heterocycles. The number of fused-ring (bicyclic) bond motifs is 11. The molecule has 0 spiro atoms. The predicted molar refractivity (Wildman–Crippen MR) is 138 cm³/mol. The van der Waals surface area contributed by atoms with Gasteiger partial charge >= 0.3 is 0 Å². The summed E-state index contributed by atoms with van der Waals surface area (Å²) in [6.07, 6.45) is 0. The summed E-state index contributed by atoms with van der Waals surface area (Å²) in [5.41, 5.74) is 0. The van der Waals surface area contributed by atoms with Crippen molar-refractivity contribution in [3.05, 3.63) is 103 Å². The number of ether oxygens (including phenoxy) is 1. The Bertz CT molecular complexity index is 1840. The van der Waals surface area contributed by atoms with Crippen molar-refractivity contribution in [2.45, 2.75) is 0 Å². The van der Waals surface area contributed by atoms with Crippen LogP contribution in [-0.4, -0.2) is 7.11 Å². The van der Waals surface area contributed by atoms with Gasteiger partial charge in [-0.15, -0.1) is 0 Å². The second-order valence-electron chi connectivity index (χ2n) is 8.53. The van der Waals surface area contributed by atoms with Crippen molar-refractivity contribution in [2.75, 3.05) is 7.11 Å². The molecule has 0 aliphatic carbocycles. The summed E-state index contributed by atoms with van der Waals surface area (Å²) in [7, 11) is 1.74. The molecule has 0 unspecified atom stereocenters. The van der Waals surface area contributed by atoms with Crippen molar-refractivity contribution < 1.29 is 4.74 Å². The molecule has 0 aromatic heterocycles. The Kier molecular flexibility index (Phi) is 3.54. The van der Waals surface area contributed by atoms with Crippen LogP contribution in [0.1, 0.15) is 0 Å². The monoisotopic (exact) mass is 408 g/mol. The molecular weight excluding hydrogens is 388 g/mol. The van der Waals surface area contributed by atoms with Gasteiger partial charge in [-0.05, 0) is 76.8 Å².